The molecule has 0 atom stereocenters. The lowest BCUT2D eigenvalue weighted by Crippen LogP contribution is -2.48. The van der Waals surface area contributed by atoms with Gasteiger partial charge in [-0.1, -0.05) is 13.0 Å². The van der Waals surface area contributed by atoms with Crippen LogP contribution in [0, 0.1) is 5.82 Å². The highest BCUT2D eigenvalue weighted by Crippen LogP contribution is 2.20. The number of carbonyl (C=O) groups excluding carboxylic acids is 3. The van der Waals surface area contributed by atoms with Gasteiger partial charge in [0.2, 0.25) is 5.91 Å². The van der Waals surface area contributed by atoms with Gasteiger partial charge in [-0.05, 0) is 61.0 Å². The van der Waals surface area contributed by atoms with Crippen LogP contribution in [0.4, 0.5) is 15.8 Å². The lowest BCUT2D eigenvalue weighted by atomic mass is 10.1. The molecule has 4 rings (SSSR count). The first kappa shape index (κ1) is 25.0. The zero-order valence-corrected chi connectivity index (χ0v) is 20.2. The van der Waals surface area contributed by atoms with Gasteiger partial charge in [-0.2, -0.15) is 0 Å². The number of rotatable bonds is 8. The second-order valence-electron chi connectivity index (χ2n) is 8.59. The van der Waals surface area contributed by atoms with Crippen LogP contribution in [-0.2, 0) is 4.79 Å². The summed E-state index contributed by atoms with van der Waals surface area (Å²) in [7, 11) is 0. The van der Waals surface area contributed by atoms with Crippen molar-refractivity contribution in [2.24, 2.45) is 0 Å². The smallest absolute Gasteiger partial charge is 0.290 e. The maximum Gasteiger partial charge on any atom is 0.290 e. The van der Waals surface area contributed by atoms with Crippen molar-refractivity contribution in [1.82, 2.24) is 9.80 Å². The molecule has 1 aliphatic heterocycles. The number of nitrogens with one attached hydrogen (secondary N) is 1. The second kappa shape index (κ2) is 11.5. The Morgan fingerprint density at radius 2 is 1.75 bits per heavy atom. The number of furan rings is 1. The summed E-state index contributed by atoms with van der Waals surface area (Å²) in [6.07, 6.45) is 2.15. The number of hydrogen-bond acceptors (Lipinski definition) is 5. The molecule has 0 unspecified atom stereocenters. The Kier molecular flexibility index (Phi) is 7.99. The molecule has 1 fully saturated rings. The number of carbonyl (C=O) groups is 3. The second-order valence-corrected chi connectivity index (χ2v) is 8.59. The Morgan fingerprint density at radius 3 is 2.39 bits per heavy atom. The van der Waals surface area contributed by atoms with Crippen molar-refractivity contribution in [2.75, 3.05) is 49.5 Å². The minimum absolute atomic E-state index is 0.0730. The molecule has 1 saturated heterocycles. The van der Waals surface area contributed by atoms with Gasteiger partial charge in [0, 0.05) is 49.7 Å². The largest absolute Gasteiger partial charge is 0.459 e. The summed E-state index contributed by atoms with van der Waals surface area (Å²) < 4.78 is 18.6. The summed E-state index contributed by atoms with van der Waals surface area (Å²) in [4.78, 5) is 43.2. The van der Waals surface area contributed by atoms with Gasteiger partial charge in [0.15, 0.2) is 5.76 Å². The van der Waals surface area contributed by atoms with Gasteiger partial charge in [0.1, 0.15) is 12.4 Å². The monoisotopic (exact) mass is 492 g/mol. The molecule has 3 aromatic rings. The zero-order chi connectivity index (χ0) is 25.5. The van der Waals surface area contributed by atoms with Crippen LogP contribution in [-0.4, -0.2) is 66.8 Å². The van der Waals surface area contributed by atoms with Crippen molar-refractivity contribution in [3.63, 3.8) is 0 Å². The van der Waals surface area contributed by atoms with E-state index in [1.54, 1.807) is 23.1 Å². The maximum atomic E-state index is 13.5. The predicted molar refractivity (Wildman–Crippen MR) is 134 cm³/mol. The van der Waals surface area contributed by atoms with Crippen LogP contribution in [0.1, 0.15) is 34.3 Å². The van der Waals surface area contributed by atoms with E-state index < -0.39 is 5.82 Å². The highest BCUT2D eigenvalue weighted by atomic mass is 19.1. The third-order valence-corrected chi connectivity index (χ3v) is 6.00. The summed E-state index contributed by atoms with van der Waals surface area (Å²) in [6, 6.07) is 16.4. The molecule has 2 heterocycles. The topological polar surface area (TPSA) is 86.1 Å². The number of anilines is 2. The van der Waals surface area contributed by atoms with Crippen molar-refractivity contribution in [3.05, 3.63) is 84.1 Å². The van der Waals surface area contributed by atoms with Crippen LogP contribution in [0.2, 0.25) is 0 Å². The van der Waals surface area contributed by atoms with E-state index in [2.05, 4.69) is 10.2 Å². The predicted octanol–water partition coefficient (Wildman–Crippen LogP) is 3.87. The van der Waals surface area contributed by atoms with E-state index in [9.17, 15) is 18.8 Å². The quantitative estimate of drug-likeness (QED) is 0.516. The summed E-state index contributed by atoms with van der Waals surface area (Å²) >= 11 is 0. The third-order valence-electron chi connectivity index (χ3n) is 6.00. The molecule has 0 bridgehead atoms. The third kappa shape index (κ3) is 6.10. The average molecular weight is 493 g/mol. The standard InChI is InChI=1S/C27H29FN4O4/c1-2-12-32(27(35)24-7-4-17-36-24)19-25(33)29-22-8-10-23(11-9-22)30-13-15-31(16-14-30)26(34)20-5-3-6-21(28)18-20/h3-11,17-18H,2,12-16,19H2,1H3,(H,29,33). The first-order valence-corrected chi connectivity index (χ1v) is 12.0. The Bertz CT molecular complexity index is 1190. The SMILES string of the molecule is CCCN(CC(=O)Nc1ccc(N2CCN(C(=O)c3cccc(F)c3)CC2)cc1)C(=O)c1ccco1. The minimum atomic E-state index is -0.422. The first-order valence-electron chi connectivity index (χ1n) is 12.0. The van der Waals surface area contributed by atoms with Crippen molar-refractivity contribution in [1.29, 1.82) is 0 Å². The van der Waals surface area contributed by atoms with Gasteiger partial charge in [-0.15, -0.1) is 0 Å². The molecule has 2 aromatic carbocycles. The van der Waals surface area contributed by atoms with E-state index in [1.165, 1.54) is 29.4 Å². The molecule has 1 aliphatic rings. The van der Waals surface area contributed by atoms with Crippen LogP contribution in [0.5, 0.6) is 0 Å². The van der Waals surface area contributed by atoms with Crippen LogP contribution < -0.4 is 10.2 Å². The summed E-state index contributed by atoms with van der Waals surface area (Å²) in [5, 5.41) is 2.84. The Labute approximate surface area is 209 Å². The average Bonchev–Trinajstić information content (AvgIpc) is 3.43. The molecule has 3 amide bonds. The molecule has 0 aliphatic carbocycles. The zero-order valence-electron chi connectivity index (χ0n) is 20.2. The normalized spacial score (nSPS) is 13.4. The highest BCUT2D eigenvalue weighted by molar-refractivity contribution is 5.98. The fourth-order valence-electron chi connectivity index (χ4n) is 4.18. The van der Waals surface area contributed by atoms with Crippen LogP contribution >= 0.6 is 0 Å². The van der Waals surface area contributed by atoms with E-state index >= 15 is 0 Å². The molecule has 188 valence electrons. The Hall–Kier alpha value is -4.14. The molecule has 1 N–H and O–H groups in total. The number of halogens is 1. The van der Waals surface area contributed by atoms with Gasteiger partial charge in [0.05, 0.1) is 6.26 Å². The minimum Gasteiger partial charge on any atom is -0.459 e. The summed E-state index contributed by atoms with van der Waals surface area (Å²) in [5.74, 6) is -0.995. The van der Waals surface area contributed by atoms with Crippen molar-refractivity contribution >= 4 is 29.1 Å². The number of nitrogens with zero attached hydrogens (tertiary/aromatic N) is 3. The van der Waals surface area contributed by atoms with Crippen LogP contribution in [0.25, 0.3) is 0 Å². The number of amides is 3. The van der Waals surface area contributed by atoms with E-state index in [1.807, 2.05) is 31.2 Å². The molecule has 9 heteroatoms. The molecule has 0 spiro atoms. The fourth-order valence-corrected chi connectivity index (χ4v) is 4.18. The van der Waals surface area contributed by atoms with E-state index in [4.69, 9.17) is 4.42 Å². The molecule has 0 saturated carbocycles. The highest BCUT2D eigenvalue weighted by Gasteiger charge is 2.23. The van der Waals surface area contributed by atoms with Crippen LogP contribution in [0.3, 0.4) is 0 Å². The van der Waals surface area contributed by atoms with Gasteiger partial charge < -0.3 is 24.4 Å². The summed E-state index contributed by atoms with van der Waals surface area (Å²) in [6.45, 7) is 4.67. The Morgan fingerprint density at radius 1 is 1.00 bits per heavy atom. The first-order chi connectivity index (χ1) is 17.4. The molecule has 0 radical (unpaired) electrons. The summed E-state index contributed by atoms with van der Waals surface area (Å²) in [5.41, 5.74) is 1.96. The lowest BCUT2D eigenvalue weighted by molar-refractivity contribution is -0.116. The number of piperazine rings is 1. The number of hydrogen-bond donors (Lipinski definition) is 1. The van der Waals surface area contributed by atoms with Gasteiger partial charge >= 0.3 is 0 Å². The fraction of sp³-hybridized carbons (Fsp3) is 0.296. The van der Waals surface area contributed by atoms with E-state index in [0.717, 1.165) is 12.1 Å². The van der Waals surface area contributed by atoms with Crippen molar-refractivity contribution in [2.45, 2.75) is 13.3 Å². The Balaban J connectivity index is 1.29. The molecule has 8 nitrogen and oxygen atoms in total. The van der Waals surface area contributed by atoms with Gasteiger partial charge in [-0.3, -0.25) is 14.4 Å². The maximum absolute atomic E-state index is 13.5. The molecular weight excluding hydrogens is 463 g/mol. The van der Waals surface area contributed by atoms with Gasteiger partial charge in [-0.25, -0.2) is 4.39 Å². The van der Waals surface area contributed by atoms with Crippen molar-refractivity contribution in [3.8, 4) is 0 Å². The van der Waals surface area contributed by atoms with Crippen LogP contribution in [0.15, 0.2) is 71.3 Å². The van der Waals surface area contributed by atoms with E-state index in [-0.39, 0.29) is 30.0 Å². The molecular formula is C27H29FN4O4. The molecule has 1 aromatic heterocycles. The number of benzene rings is 2. The van der Waals surface area contributed by atoms with E-state index in [0.29, 0.717) is 44.0 Å². The molecule has 36 heavy (non-hydrogen) atoms. The lowest BCUT2D eigenvalue weighted by Gasteiger charge is -2.36. The van der Waals surface area contributed by atoms with Crippen molar-refractivity contribution < 1.29 is 23.2 Å². The van der Waals surface area contributed by atoms with Gasteiger partial charge in [0.25, 0.3) is 11.8 Å².